The Kier molecular flexibility index (Phi) is 4.02. The molecule has 0 fully saturated rings. The number of aliphatic carboxylic acids is 1. The molecule has 5 nitrogen and oxygen atoms in total. The zero-order valence-electron chi connectivity index (χ0n) is 6.69. The van der Waals surface area contributed by atoms with E-state index in [1.54, 1.807) is 0 Å². The number of carbonyl (C=O) groups excluding carboxylic acids is 2. The number of aldehydes is 1. The van der Waals surface area contributed by atoms with E-state index in [1.807, 2.05) is 0 Å². The van der Waals surface area contributed by atoms with E-state index in [2.05, 4.69) is 0 Å². The Hall–Kier alpha value is -0.950. The van der Waals surface area contributed by atoms with Crippen LogP contribution in [0.15, 0.2) is 0 Å². The van der Waals surface area contributed by atoms with Crippen molar-refractivity contribution in [1.29, 1.82) is 0 Å². The lowest BCUT2D eigenvalue weighted by molar-refractivity contribution is -0.150. The molecule has 7 heteroatoms. The van der Waals surface area contributed by atoms with Gasteiger partial charge in [-0.1, -0.05) is 0 Å². The predicted molar refractivity (Wildman–Crippen MR) is 44.0 cm³/mol. The molecule has 0 heterocycles. The van der Waals surface area contributed by atoms with E-state index in [1.165, 1.54) is 6.26 Å². The highest BCUT2D eigenvalue weighted by Crippen LogP contribution is 2.15. The molecular weight excluding hydrogens is 201 g/mol. The summed E-state index contributed by atoms with van der Waals surface area (Å²) in [5, 5.41) is 8.39. The topological polar surface area (TPSA) is 97.5 Å². The van der Waals surface area contributed by atoms with E-state index in [9.17, 15) is 18.8 Å². The molecular formula is C6H8FNO4S. The Balaban J connectivity index is 4.88. The molecule has 0 rings (SSSR count). The minimum atomic E-state index is -2.78. The summed E-state index contributed by atoms with van der Waals surface area (Å²) in [5.41, 5.74) is 0.00898. The lowest BCUT2D eigenvalue weighted by Crippen LogP contribution is -2.58. The molecule has 0 saturated heterocycles. The molecule has 0 aliphatic carbocycles. The molecule has 0 bridgehead atoms. The average Bonchev–Trinajstić information content (AvgIpc) is 2.13. The Morgan fingerprint density at radius 3 is 2.38 bits per heavy atom. The molecule has 0 spiro atoms. The van der Waals surface area contributed by atoms with Crippen molar-refractivity contribution in [1.82, 2.24) is 0 Å². The third-order valence-corrected chi connectivity index (χ3v) is 1.99. The van der Waals surface area contributed by atoms with Crippen molar-refractivity contribution in [2.75, 3.05) is 6.26 Å². The van der Waals surface area contributed by atoms with Gasteiger partial charge in [0.2, 0.25) is 16.8 Å². The van der Waals surface area contributed by atoms with Gasteiger partial charge in [0.15, 0.2) is 6.29 Å². The molecule has 74 valence electrons. The number of carboxylic acids is 1. The normalized spacial score (nSPS) is 17.2. The van der Waals surface area contributed by atoms with Gasteiger partial charge in [0.05, 0.1) is 0 Å². The first-order chi connectivity index (χ1) is 5.90. The van der Waals surface area contributed by atoms with Crippen LogP contribution in [-0.2, 0) is 14.4 Å². The van der Waals surface area contributed by atoms with Gasteiger partial charge in [0, 0.05) is 0 Å². The Bertz CT molecular complexity index is 247. The van der Waals surface area contributed by atoms with E-state index < -0.39 is 22.8 Å². The number of carbonyl (C=O) groups is 3. The van der Waals surface area contributed by atoms with Gasteiger partial charge < -0.3 is 15.6 Å². The fourth-order valence-corrected chi connectivity index (χ4v) is 0.918. The lowest BCUT2D eigenvalue weighted by atomic mass is 9.98. The lowest BCUT2D eigenvalue weighted by Gasteiger charge is -2.16. The number of hydrogen-bond donors (Lipinski definition) is 2. The number of halogens is 1. The number of Topliss-reactive ketones (excluding diaryl/α,β-unsaturated/α-hetero) is 1. The SMILES string of the molecule is CSC(F)C(=O)C(N)(C=O)C(=O)O. The third kappa shape index (κ3) is 2.25. The number of nitrogens with two attached hydrogens (primary N) is 1. The summed E-state index contributed by atoms with van der Waals surface area (Å²) in [5.74, 6) is -3.31. The number of ketones is 1. The maximum atomic E-state index is 12.7. The molecule has 13 heavy (non-hydrogen) atoms. The van der Waals surface area contributed by atoms with Gasteiger partial charge >= 0.3 is 5.97 Å². The highest BCUT2D eigenvalue weighted by molar-refractivity contribution is 7.99. The van der Waals surface area contributed by atoms with Crippen molar-refractivity contribution in [3.8, 4) is 0 Å². The van der Waals surface area contributed by atoms with Crippen LogP contribution in [-0.4, -0.2) is 40.4 Å². The van der Waals surface area contributed by atoms with Crippen LogP contribution in [0.4, 0.5) is 4.39 Å². The first-order valence-corrected chi connectivity index (χ1v) is 4.38. The molecule has 0 saturated carbocycles. The Morgan fingerprint density at radius 1 is 1.69 bits per heavy atom. The van der Waals surface area contributed by atoms with Gasteiger partial charge in [-0.05, 0) is 6.26 Å². The molecule has 0 aliphatic heterocycles. The molecule has 0 amide bonds. The number of hydrogen-bond acceptors (Lipinski definition) is 5. The van der Waals surface area contributed by atoms with Gasteiger partial charge in [0.1, 0.15) is 0 Å². The standard InChI is InChI=1S/C6H8FNO4S/c1-13-4(7)3(10)6(8,2-9)5(11)12/h2,4H,8H2,1H3,(H,11,12). The van der Waals surface area contributed by atoms with Crippen molar-refractivity contribution < 1.29 is 23.9 Å². The highest BCUT2D eigenvalue weighted by atomic mass is 32.2. The molecule has 3 N–H and O–H groups in total. The van der Waals surface area contributed by atoms with E-state index in [0.717, 1.165) is 0 Å². The summed E-state index contributed by atoms with van der Waals surface area (Å²) in [6.45, 7) is 0. The number of carboxylic acid groups (broad SMARTS) is 1. The molecule has 2 atom stereocenters. The Morgan fingerprint density at radius 2 is 2.15 bits per heavy atom. The first kappa shape index (κ1) is 12.0. The first-order valence-electron chi connectivity index (χ1n) is 3.10. The quantitative estimate of drug-likeness (QED) is 0.454. The number of thioether (sulfide) groups is 1. The van der Waals surface area contributed by atoms with Crippen molar-refractivity contribution in [3.05, 3.63) is 0 Å². The molecule has 0 aliphatic rings. The third-order valence-electron chi connectivity index (χ3n) is 1.36. The van der Waals surface area contributed by atoms with Crippen LogP contribution >= 0.6 is 11.8 Å². The van der Waals surface area contributed by atoms with Crippen LogP contribution in [0.1, 0.15) is 0 Å². The second-order valence-electron chi connectivity index (χ2n) is 2.21. The van der Waals surface area contributed by atoms with Crippen molar-refractivity contribution >= 4 is 29.8 Å². The monoisotopic (exact) mass is 209 g/mol. The second kappa shape index (κ2) is 4.33. The molecule has 0 aromatic rings. The van der Waals surface area contributed by atoms with E-state index in [0.29, 0.717) is 11.8 Å². The minimum absolute atomic E-state index is 0.277. The van der Waals surface area contributed by atoms with E-state index in [4.69, 9.17) is 10.8 Å². The zero-order chi connectivity index (χ0) is 10.6. The molecule has 0 radical (unpaired) electrons. The van der Waals surface area contributed by atoms with Crippen LogP contribution in [0.5, 0.6) is 0 Å². The van der Waals surface area contributed by atoms with Gasteiger partial charge in [-0.2, -0.15) is 0 Å². The van der Waals surface area contributed by atoms with Crippen LogP contribution in [0.25, 0.3) is 0 Å². The van der Waals surface area contributed by atoms with E-state index >= 15 is 0 Å². The van der Waals surface area contributed by atoms with Crippen molar-refractivity contribution in [3.63, 3.8) is 0 Å². The molecule has 0 aromatic heterocycles. The largest absolute Gasteiger partial charge is 0.479 e. The van der Waals surface area contributed by atoms with Crippen LogP contribution < -0.4 is 5.73 Å². The van der Waals surface area contributed by atoms with Crippen LogP contribution in [0, 0.1) is 0 Å². The maximum absolute atomic E-state index is 12.7. The summed E-state index contributed by atoms with van der Waals surface area (Å²) in [7, 11) is 0. The zero-order valence-corrected chi connectivity index (χ0v) is 7.51. The minimum Gasteiger partial charge on any atom is -0.479 e. The van der Waals surface area contributed by atoms with Crippen molar-refractivity contribution in [2.45, 2.75) is 11.0 Å². The van der Waals surface area contributed by atoms with Crippen molar-refractivity contribution in [2.24, 2.45) is 5.73 Å². The summed E-state index contributed by atoms with van der Waals surface area (Å²) in [6.07, 6.45) is 0.982. The second-order valence-corrected chi connectivity index (χ2v) is 3.09. The van der Waals surface area contributed by atoms with E-state index in [-0.39, 0.29) is 6.29 Å². The maximum Gasteiger partial charge on any atom is 0.339 e. The summed E-state index contributed by atoms with van der Waals surface area (Å²) in [4.78, 5) is 31.5. The molecule has 0 aromatic carbocycles. The average molecular weight is 209 g/mol. The van der Waals surface area contributed by atoms with Crippen LogP contribution in [0.3, 0.4) is 0 Å². The smallest absolute Gasteiger partial charge is 0.339 e. The van der Waals surface area contributed by atoms with Gasteiger partial charge in [-0.25, -0.2) is 9.18 Å². The summed E-state index contributed by atoms with van der Waals surface area (Å²) >= 11 is 0.474. The fraction of sp³-hybridized carbons (Fsp3) is 0.500. The predicted octanol–water partition coefficient (Wildman–Crippen LogP) is -0.805. The van der Waals surface area contributed by atoms with Crippen LogP contribution in [0.2, 0.25) is 0 Å². The highest BCUT2D eigenvalue weighted by Gasteiger charge is 2.45. The number of rotatable bonds is 5. The van der Waals surface area contributed by atoms with Gasteiger partial charge in [0.25, 0.3) is 0 Å². The summed E-state index contributed by atoms with van der Waals surface area (Å²) < 4.78 is 12.7. The van der Waals surface area contributed by atoms with Gasteiger partial charge in [-0.15, -0.1) is 11.8 Å². The summed E-state index contributed by atoms with van der Waals surface area (Å²) in [6, 6.07) is 0. The fourth-order valence-electron chi connectivity index (χ4n) is 0.509. The van der Waals surface area contributed by atoms with Gasteiger partial charge in [-0.3, -0.25) is 4.79 Å². The number of alkyl halides is 1. The molecule has 2 unspecified atom stereocenters. The Labute approximate surface area is 77.5 Å².